The van der Waals surface area contributed by atoms with Gasteiger partial charge in [-0.1, -0.05) is 0 Å². The van der Waals surface area contributed by atoms with E-state index in [0.29, 0.717) is 18.7 Å². The summed E-state index contributed by atoms with van der Waals surface area (Å²) in [5.41, 5.74) is -0.165. The summed E-state index contributed by atoms with van der Waals surface area (Å²) in [6, 6.07) is 4.47. The van der Waals surface area contributed by atoms with Crippen LogP contribution in [0.4, 0.5) is 13.2 Å². The van der Waals surface area contributed by atoms with Gasteiger partial charge in [-0.15, -0.1) is 0 Å². The summed E-state index contributed by atoms with van der Waals surface area (Å²) >= 11 is 0. The molecule has 1 aliphatic heterocycles. The first kappa shape index (κ1) is 14.6. The molecule has 22 heavy (non-hydrogen) atoms. The van der Waals surface area contributed by atoms with Crippen LogP contribution in [0.3, 0.4) is 0 Å². The lowest BCUT2D eigenvalue weighted by Crippen LogP contribution is -2.27. The maximum atomic E-state index is 12.5. The van der Waals surface area contributed by atoms with E-state index in [0.717, 1.165) is 25.0 Å². The number of nitrogens with zero attached hydrogens (tertiary/aromatic N) is 2. The number of halogens is 3. The van der Waals surface area contributed by atoms with Crippen molar-refractivity contribution in [1.82, 2.24) is 9.88 Å². The van der Waals surface area contributed by atoms with Gasteiger partial charge in [0.05, 0.1) is 5.56 Å². The van der Waals surface area contributed by atoms with Gasteiger partial charge >= 0.3 is 6.18 Å². The summed E-state index contributed by atoms with van der Waals surface area (Å²) in [6.45, 7) is 1.39. The topological polar surface area (TPSA) is 46.3 Å². The van der Waals surface area contributed by atoms with Gasteiger partial charge in [0.25, 0.3) is 5.91 Å². The number of aromatic nitrogens is 1. The SMILES string of the molecule is O=C(c1coc(-c2ccc(C(F)(F)F)cc2)n1)N1CCCC1. The first-order chi connectivity index (χ1) is 10.4. The van der Waals surface area contributed by atoms with Crippen molar-refractivity contribution in [3.8, 4) is 11.5 Å². The van der Waals surface area contributed by atoms with Crippen molar-refractivity contribution in [1.29, 1.82) is 0 Å². The summed E-state index contributed by atoms with van der Waals surface area (Å²) in [5, 5.41) is 0. The maximum absolute atomic E-state index is 12.5. The predicted molar refractivity (Wildman–Crippen MR) is 72.1 cm³/mol. The number of hydrogen-bond donors (Lipinski definition) is 0. The quantitative estimate of drug-likeness (QED) is 0.851. The number of amides is 1. The van der Waals surface area contributed by atoms with Crippen LogP contribution < -0.4 is 0 Å². The van der Waals surface area contributed by atoms with Crippen LogP contribution in [0.5, 0.6) is 0 Å². The Kier molecular flexibility index (Phi) is 3.64. The Bertz CT molecular complexity index is 671. The molecule has 0 bridgehead atoms. The highest BCUT2D eigenvalue weighted by atomic mass is 19.4. The van der Waals surface area contributed by atoms with Crippen molar-refractivity contribution < 1.29 is 22.4 Å². The molecule has 0 radical (unpaired) electrons. The molecular formula is C15H13F3N2O2. The van der Waals surface area contributed by atoms with Crippen molar-refractivity contribution >= 4 is 5.91 Å². The van der Waals surface area contributed by atoms with Crippen LogP contribution in [0.1, 0.15) is 28.9 Å². The van der Waals surface area contributed by atoms with E-state index in [-0.39, 0.29) is 17.5 Å². The number of hydrogen-bond acceptors (Lipinski definition) is 3. The molecule has 0 N–H and O–H groups in total. The van der Waals surface area contributed by atoms with Crippen molar-refractivity contribution in [2.45, 2.75) is 19.0 Å². The molecule has 1 saturated heterocycles. The van der Waals surface area contributed by atoms with Gasteiger partial charge in [0.1, 0.15) is 6.26 Å². The molecule has 4 nitrogen and oxygen atoms in total. The first-order valence-electron chi connectivity index (χ1n) is 6.87. The fraction of sp³-hybridized carbons (Fsp3) is 0.333. The summed E-state index contributed by atoms with van der Waals surface area (Å²) in [6.07, 6.45) is -1.20. The van der Waals surface area contributed by atoms with Gasteiger partial charge < -0.3 is 9.32 Å². The smallest absolute Gasteiger partial charge is 0.416 e. The van der Waals surface area contributed by atoms with E-state index in [1.54, 1.807) is 4.90 Å². The molecule has 7 heteroatoms. The Morgan fingerprint density at radius 3 is 2.36 bits per heavy atom. The molecular weight excluding hydrogens is 297 g/mol. The zero-order chi connectivity index (χ0) is 15.7. The number of rotatable bonds is 2. The minimum absolute atomic E-state index is 0.135. The number of alkyl halides is 3. The van der Waals surface area contributed by atoms with Gasteiger partial charge in [-0.05, 0) is 37.1 Å². The van der Waals surface area contributed by atoms with E-state index in [9.17, 15) is 18.0 Å². The zero-order valence-electron chi connectivity index (χ0n) is 11.6. The molecule has 0 atom stereocenters. The van der Waals surface area contributed by atoms with E-state index in [4.69, 9.17) is 4.42 Å². The molecule has 2 heterocycles. The van der Waals surface area contributed by atoms with Crippen LogP contribution in [0.15, 0.2) is 34.9 Å². The maximum Gasteiger partial charge on any atom is 0.416 e. The van der Waals surface area contributed by atoms with Crippen LogP contribution in [0.25, 0.3) is 11.5 Å². The third kappa shape index (κ3) is 2.84. The molecule has 1 amide bonds. The highest BCUT2D eigenvalue weighted by Crippen LogP contribution is 2.30. The number of benzene rings is 1. The molecule has 116 valence electrons. The van der Waals surface area contributed by atoms with Crippen LogP contribution in [-0.2, 0) is 6.18 Å². The van der Waals surface area contributed by atoms with Crippen LogP contribution in [0.2, 0.25) is 0 Å². The highest BCUT2D eigenvalue weighted by molar-refractivity contribution is 5.92. The predicted octanol–water partition coefficient (Wildman–Crippen LogP) is 3.60. The van der Waals surface area contributed by atoms with E-state index < -0.39 is 11.7 Å². The minimum atomic E-state index is -4.38. The summed E-state index contributed by atoms with van der Waals surface area (Å²) < 4.78 is 42.8. The average molecular weight is 310 g/mol. The van der Waals surface area contributed by atoms with E-state index in [1.807, 2.05) is 0 Å². The molecule has 0 unspecified atom stereocenters. The molecule has 1 fully saturated rings. The summed E-state index contributed by atoms with van der Waals surface area (Å²) in [4.78, 5) is 17.9. The third-order valence-electron chi connectivity index (χ3n) is 3.58. The fourth-order valence-electron chi connectivity index (χ4n) is 2.39. The second-order valence-corrected chi connectivity index (χ2v) is 5.11. The fourth-order valence-corrected chi connectivity index (χ4v) is 2.39. The number of likely N-dealkylation sites (tertiary alicyclic amines) is 1. The Morgan fingerprint density at radius 2 is 1.77 bits per heavy atom. The van der Waals surface area contributed by atoms with Crippen molar-refractivity contribution in [2.75, 3.05) is 13.1 Å². The molecule has 1 aliphatic rings. The normalized spacial score (nSPS) is 15.3. The number of carbonyl (C=O) groups is 1. The average Bonchev–Trinajstić information content (AvgIpc) is 3.17. The van der Waals surface area contributed by atoms with Gasteiger partial charge in [0, 0.05) is 18.7 Å². The van der Waals surface area contributed by atoms with E-state index in [2.05, 4.69) is 4.98 Å². The molecule has 3 rings (SSSR count). The highest BCUT2D eigenvalue weighted by Gasteiger charge is 2.30. The monoisotopic (exact) mass is 310 g/mol. The lowest BCUT2D eigenvalue weighted by molar-refractivity contribution is -0.137. The molecule has 1 aromatic heterocycles. The van der Waals surface area contributed by atoms with Crippen molar-refractivity contribution in [2.24, 2.45) is 0 Å². The Balaban J connectivity index is 1.80. The van der Waals surface area contributed by atoms with Gasteiger partial charge in [-0.2, -0.15) is 13.2 Å². The molecule has 0 spiro atoms. The third-order valence-corrected chi connectivity index (χ3v) is 3.58. The molecule has 0 saturated carbocycles. The van der Waals surface area contributed by atoms with Gasteiger partial charge in [-0.3, -0.25) is 4.79 Å². The largest absolute Gasteiger partial charge is 0.444 e. The summed E-state index contributed by atoms with van der Waals surface area (Å²) in [5.74, 6) is -0.0734. The minimum Gasteiger partial charge on any atom is -0.444 e. The van der Waals surface area contributed by atoms with Crippen molar-refractivity contribution in [3.05, 3.63) is 41.8 Å². The van der Waals surface area contributed by atoms with Crippen LogP contribution >= 0.6 is 0 Å². The molecule has 0 aliphatic carbocycles. The molecule has 2 aromatic rings. The van der Waals surface area contributed by atoms with Crippen LogP contribution in [-0.4, -0.2) is 28.9 Å². The summed E-state index contributed by atoms with van der Waals surface area (Å²) in [7, 11) is 0. The molecule has 1 aromatic carbocycles. The second-order valence-electron chi connectivity index (χ2n) is 5.11. The Morgan fingerprint density at radius 1 is 1.14 bits per heavy atom. The zero-order valence-corrected chi connectivity index (χ0v) is 11.6. The van der Waals surface area contributed by atoms with Gasteiger partial charge in [-0.25, -0.2) is 4.98 Å². The number of oxazole rings is 1. The Hall–Kier alpha value is -2.31. The van der Waals surface area contributed by atoms with Gasteiger partial charge in [0.15, 0.2) is 5.69 Å². The van der Waals surface area contributed by atoms with Gasteiger partial charge in [0.2, 0.25) is 5.89 Å². The second kappa shape index (κ2) is 5.47. The lowest BCUT2D eigenvalue weighted by Gasteiger charge is -2.12. The first-order valence-corrected chi connectivity index (χ1v) is 6.87. The Labute approximate surface area is 124 Å². The standard InChI is InChI=1S/C15H13F3N2O2/c16-15(17,18)11-5-3-10(4-6-11)13-19-12(9-22-13)14(21)20-7-1-2-8-20/h3-6,9H,1-2,7-8H2. The van der Waals surface area contributed by atoms with Crippen LogP contribution in [0, 0.1) is 0 Å². The lowest BCUT2D eigenvalue weighted by atomic mass is 10.1. The van der Waals surface area contributed by atoms with E-state index >= 15 is 0 Å². The van der Waals surface area contributed by atoms with E-state index in [1.165, 1.54) is 18.4 Å². The van der Waals surface area contributed by atoms with Crippen molar-refractivity contribution in [3.63, 3.8) is 0 Å². The number of carbonyl (C=O) groups excluding carboxylic acids is 1.